The van der Waals surface area contributed by atoms with E-state index in [9.17, 15) is 8.78 Å². The van der Waals surface area contributed by atoms with Gasteiger partial charge in [0.05, 0.1) is 27.3 Å². The van der Waals surface area contributed by atoms with Crippen LogP contribution in [0.1, 0.15) is 5.56 Å². The first-order valence-electron chi connectivity index (χ1n) is 9.98. The minimum absolute atomic E-state index is 0.0152. The average Bonchev–Trinajstić information content (AvgIpc) is 3.09. The molecule has 4 aromatic rings. The Kier molecular flexibility index (Phi) is 4.87. The van der Waals surface area contributed by atoms with Crippen molar-refractivity contribution in [1.29, 1.82) is 0 Å². The van der Waals surface area contributed by atoms with Gasteiger partial charge in [-0.15, -0.1) is 0 Å². The minimum Gasteiger partial charge on any atom is -0.370 e. The summed E-state index contributed by atoms with van der Waals surface area (Å²) in [4.78, 5) is 14.4. The summed E-state index contributed by atoms with van der Waals surface area (Å²) < 4.78 is 28.1. The topological polar surface area (TPSA) is 70.8 Å². The zero-order valence-electron chi connectivity index (χ0n) is 16.8. The maximum absolute atomic E-state index is 14.2. The molecule has 0 aliphatic carbocycles. The summed E-state index contributed by atoms with van der Waals surface area (Å²) in [5.74, 6) is 0.126. The number of aromatic amines is 1. The van der Waals surface area contributed by atoms with Gasteiger partial charge in [0.15, 0.2) is 0 Å². The molecule has 1 aliphatic heterocycles. The molecule has 5 rings (SSSR count). The molecule has 158 valence electrons. The molecule has 0 radical (unpaired) electrons. The van der Waals surface area contributed by atoms with Crippen LogP contribution in [0.5, 0.6) is 0 Å². The number of aryl methyl sites for hydroxylation is 1. The zero-order chi connectivity index (χ0) is 21.7. The van der Waals surface area contributed by atoms with Gasteiger partial charge in [-0.25, -0.2) is 13.8 Å². The van der Waals surface area contributed by atoms with Gasteiger partial charge in [-0.05, 0) is 42.8 Å². The molecule has 1 aliphatic rings. The molecule has 8 heteroatoms. The van der Waals surface area contributed by atoms with Gasteiger partial charge in [0.1, 0.15) is 17.5 Å². The number of imidazole rings is 1. The highest BCUT2D eigenvalue weighted by atomic mass is 35.5. The Bertz CT molecular complexity index is 1240. The van der Waals surface area contributed by atoms with Crippen molar-refractivity contribution in [3.05, 3.63) is 64.9 Å². The number of nitrogens with zero attached hydrogens (tertiary/aromatic N) is 3. The molecule has 0 spiro atoms. The molecule has 5 nitrogen and oxygen atoms in total. The van der Waals surface area contributed by atoms with Crippen LogP contribution in [0.2, 0.25) is 5.02 Å². The Morgan fingerprint density at radius 2 is 1.90 bits per heavy atom. The van der Waals surface area contributed by atoms with Gasteiger partial charge >= 0.3 is 0 Å². The van der Waals surface area contributed by atoms with E-state index >= 15 is 0 Å². The molecular weight excluding hydrogens is 420 g/mol. The van der Waals surface area contributed by atoms with E-state index < -0.39 is 5.82 Å². The maximum Gasteiger partial charge on any atom is 0.144 e. The van der Waals surface area contributed by atoms with E-state index in [1.165, 1.54) is 24.3 Å². The van der Waals surface area contributed by atoms with Crippen LogP contribution < -0.4 is 10.6 Å². The third kappa shape index (κ3) is 3.54. The molecule has 3 N–H and O–H groups in total. The van der Waals surface area contributed by atoms with E-state index in [1.807, 2.05) is 13.0 Å². The Labute approximate surface area is 182 Å². The number of aromatic nitrogens is 3. The van der Waals surface area contributed by atoms with Gasteiger partial charge in [-0.3, -0.25) is 4.98 Å². The van der Waals surface area contributed by atoms with Crippen LogP contribution in [0.25, 0.3) is 33.5 Å². The van der Waals surface area contributed by atoms with Crippen molar-refractivity contribution < 1.29 is 8.78 Å². The molecular formula is C23H20ClF2N5. The lowest BCUT2D eigenvalue weighted by Gasteiger charge is -2.42. The fourth-order valence-corrected chi connectivity index (χ4v) is 4.26. The van der Waals surface area contributed by atoms with Crippen LogP contribution in [0, 0.1) is 24.5 Å². The fourth-order valence-electron chi connectivity index (χ4n) is 4.10. The van der Waals surface area contributed by atoms with Crippen molar-refractivity contribution in [3.63, 3.8) is 0 Å². The van der Waals surface area contributed by atoms with Crippen LogP contribution in [-0.4, -0.2) is 34.6 Å². The van der Waals surface area contributed by atoms with Crippen molar-refractivity contribution in [1.82, 2.24) is 15.0 Å². The summed E-state index contributed by atoms with van der Waals surface area (Å²) in [6, 6.07) is 7.75. The second-order valence-corrected chi connectivity index (χ2v) is 8.38. The van der Waals surface area contributed by atoms with Crippen molar-refractivity contribution in [2.45, 2.75) is 6.92 Å². The molecule has 0 amide bonds. The number of halogens is 3. The second-order valence-electron chi connectivity index (χ2n) is 7.98. The molecule has 2 aromatic carbocycles. The number of H-pyrrole nitrogens is 1. The van der Waals surface area contributed by atoms with Gasteiger partial charge in [-0.1, -0.05) is 17.7 Å². The first-order valence-corrected chi connectivity index (χ1v) is 10.4. The van der Waals surface area contributed by atoms with Gasteiger partial charge in [0.25, 0.3) is 0 Å². The minimum atomic E-state index is -0.514. The first-order chi connectivity index (χ1) is 14.9. The van der Waals surface area contributed by atoms with E-state index in [-0.39, 0.29) is 10.8 Å². The summed E-state index contributed by atoms with van der Waals surface area (Å²) >= 11 is 5.93. The number of hydrogen-bond donors (Lipinski definition) is 2. The number of hydrogen-bond acceptors (Lipinski definition) is 4. The Morgan fingerprint density at radius 1 is 1.13 bits per heavy atom. The number of nitrogens with one attached hydrogen (secondary N) is 1. The highest BCUT2D eigenvalue weighted by molar-refractivity contribution is 6.31. The summed E-state index contributed by atoms with van der Waals surface area (Å²) in [7, 11) is 0. The number of nitrogens with two attached hydrogens (primary N) is 1. The molecule has 0 atom stereocenters. The average molecular weight is 440 g/mol. The molecule has 0 bridgehead atoms. The highest BCUT2D eigenvalue weighted by Gasteiger charge is 2.30. The third-order valence-electron chi connectivity index (χ3n) is 5.66. The normalized spacial score (nSPS) is 14.3. The quantitative estimate of drug-likeness (QED) is 0.473. The smallest absolute Gasteiger partial charge is 0.144 e. The highest BCUT2D eigenvalue weighted by Crippen LogP contribution is 2.41. The summed E-state index contributed by atoms with van der Waals surface area (Å²) in [5, 5.41) is 0.0152. The number of rotatable bonds is 4. The van der Waals surface area contributed by atoms with E-state index in [0.29, 0.717) is 29.3 Å². The standard InChI is InChI=1S/C23H20ClF2N5/c1-12-2-14(4-15(25)3-12)16-8-28-9-17(22(16)31-10-13(7-27)11-31)23-29-20-5-18(24)19(26)6-21(20)30-23/h2-6,8-9,13H,7,10-11,27H2,1H3,(H,29,30). The Hall–Kier alpha value is -3.03. The molecule has 0 saturated carbocycles. The predicted octanol–water partition coefficient (Wildman–Crippen LogP) is 4.93. The van der Waals surface area contributed by atoms with Crippen molar-refractivity contribution in [2.24, 2.45) is 11.7 Å². The van der Waals surface area contributed by atoms with Gasteiger partial charge in [-0.2, -0.15) is 0 Å². The Balaban J connectivity index is 1.70. The number of benzene rings is 2. The zero-order valence-corrected chi connectivity index (χ0v) is 17.5. The number of pyridine rings is 1. The monoisotopic (exact) mass is 439 g/mol. The van der Waals surface area contributed by atoms with Crippen LogP contribution >= 0.6 is 11.6 Å². The van der Waals surface area contributed by atoms with Crippen LogP contribution in [0.3, 0.4) is 0 Å². The van der Waals surface area contributed by atoms with Gasteiger partial charge in [0.2, 0.25) is 0 Å². The summed E-state index contributed by atoms with van der Waals surface area (Å²) in [5.41, 5.74) is 11.0. The van der Waals surface area contributed by atoms with Crippen molar-refractivity contribution >= 4 is 28.3 Å². The van der Waals surface area contributed by atoms with E-state index in [4.69, 9.17) is 17.3 Å². The lowest BCUT2D eigenvalue weighted by molar-refractivity contribution is 0.421. The lowest BCUT2D eigenvalue weighted by atomic mass is 9.94. The van der Waals surface area contributed by atoms with Crippen LogP contribution in [-0.2, 0) is 0 Å². The largest absolute Gasteiger partial charge is 0.370 e. The molecule has 3 heterocycles. The van der Waals surface area contributed by atoms with Crippen molar-refractivity contribution in [2.75, 3.05) is 24.5 Å². The summed E-state index contributed by atoms with van der Waals surface area (Å²) in [6.07, 6.45) is 3.46. The predicted molar refractivity (Wildman–Crippen MR) is 119 cm³/mol. The second kappa shape index (κ2) is 7.59. The number of fused-ring (bicyclic) bond motifs is 1. The third-order valence-corrected chi connectivity index (χ3v) is 5.95. The molecule has 2 aromatic heterocycles. The van der Waals surface area contributed by atoms with Crippen molar-refractivity contribution in [3.8, 4) is 22.5 Å². The van der Waals surface area contributed by atoms with Gasteiger partial charge < -0.3 is 15.6 Å². The molecule has 0 unspecified atom stereocenters. The van der Waals surface area contributed by atoms with Crippen LogP contribution in [0.4, 0.5) is 14.5 Å². The maximum atomic E-state index is 14.2. The molecule has 1 saturated heterocycles. The van der Waals surface area contributed by atoms with Gasteiger partial charge in [0, 0.05) is 43.0 Å². The molecule has 31 heavy (non-hydrogen) atoms. The van der Waals surface area contributed by atoms with E-state index in [0.717, 1.165) is 41.0 Å². The van der Waals surface area contributed by atoms with E-state index in [1.54, 1.807) is 12.4 Å². The summed E-state index contributed by atoms with van der Waals surface area (Å²) in [6.45, 7) is 4.04. The van der Waals surface area contributed by atoms with Crippen LogP contribution in [0.15, 0.2) is 42.7 Å². The SMILES string of the molecule is Cc1cc(F)cc(-c2cncc(-c3nc4cc(Cl)c(F)cc4[nH]3)c2N2CC(CN)C2)c1. The first kappa shape index (κ1) is 19.9. The Morgan fingerprint density at radius 3 is 2.65 bits per heavy atom. The van der Waals surface area contributed by atoms with E-state index in [2.05, 4.69) is 19.9 Å². The molecule has 1 fully saturated rings. The lowest BCUT2D eigenvalue weighted by Crippen LogP contribution is -2.50. The fraction of sp³-hybridized carbons (Fsp3) is 0.217. The number of anilines is 1.